The average Bonchev–Trinajstić information content (AvgIpc) is 3.16. The van der Waals surface area contributed by atoms with Crippen molar-refractivity contribution in [3.8, 4) is 17.2 Å². The fourth-order valence-electron chi connectivity index (χ4n) is 4.27. The molecule has 0 amide bonds. The number of rotatable bonds is 9. The first-order valence-corrected chi connectivity index (χ1v) is 10.9. The highest BCUT2D eigenvalue weighted by molar-refractivity contribution is 5.80. The number of likely N-dealkylation sites (N-methyl/N-ethyl adjacent to an activating group) is 1. The zero-order chi connectivity index (χ0) is 21.7. The minimum absolute atomic E-state index is 0.00782. The normalized spacial score (nSPS) is 18.2. The molecule has 0 saturated heterocycles. The quantitative estimate of drug-likeness (QED) is 0.508. The summed E-state index contributed by atoms with van der Waals surface area (Å²) >= 11 is 0. The Bertz CT molecular complexity index is 836. The molecule has 5 nitrogen and oxygen atoms in total. The summed E-state index contributed by atoms with van der Waals surface area (Å²) in [6.07, 6.45) is 9.39. The van der Waals surface area contributed by atoms with E-state index in [0.717, 1.165) is 49.3 Å². The van der Waals surface area contributed by atoms with Crippen molar-refractivity contribution in [3.05, 3.63) is 40.5 Å². The maximum atomic E-state index is 12.8. The molecule has 0 fully saturated rings. The van der Waals surface area contributed by atoms with E-state index in [1.807, 2.05) is 0 Å². The third-order valence-corrected chi connectivity index (χ3v) is 5.98. The van der Waals surface area contributed by atoms with Gasteiger partial charge in [-0.3, -0.25) is 9.69 Å². The SMILES string of the molecule is COc1c2c(cc3c1[C@H](CC(=O)CC/C=C(\C)CCC=C(C)C)N(C)CC3)OCO2. The summed E-state index contributed by atoms with van der Waals surface area (Å²) in [5.74, 6) is 2.42. The molecule has 1 aromatic rings. The van der Waals surface area contributed by atoms with Gasteiger partial charge < -0.3 is 14.2 Å². The van der Waals surface area contributed by atoms with Crippen molar-refractivity contribution >= 4 is 5.78 Å². The Morgan fingerprint density at radius 3 is 2.70 bits per heavy atom. The molecule has 0 aromatic heterocycles. The average molecular weight is 414 g/mol. The Balaban J connectivity index is 1.66. The van der Waals surface area contributed by atoms with E-state index < -0.39 is 0 Å². The lowest BCUT2D eigenvalue weighted by molar-refractivity contribution is -0.120. The highest BCUT2D eigenvalue weighted by atomic mass is 16.7. The molecule has 2 aliphatic heterocycles. The van der Waals surface area contributed by atoms with Crippen LogP contribution in [0.4, 0.5) is 0 Å². The van der Waals surface area contributed by atoms with Gasteiger partial charge in [-0.15, -0.1) is 0 Å². The van der Waals surface area contributed by atoms with Crippen molar-refractivity contribution in [2.75, 3.05) is 27.5 Å². The molecule has 0 N–H and O–H groups in total. The van der Waals surface area contributed by atoms with Gasteiger partial charge in [0.25, 0.3) is 0 Å². The van der Waals surface area contributed by atoms with Crippen LogP contribution in [0.2, 0.25) is 0 Å². The highest BCUT2D eigenvalue weighted by Crippen LogP contribution is 2.50. The molecule has 30 heavy (non-hydrogen) atoms. The zero-order valence-electron chi connectivity index (χ0n) is 19.0. The zero-order valence-corrected chi connectivity index (χ0v) is 19.0. The molecule has 0 bridgehead atoms. The van der Waals surface area contributed by atoms with E-state index in [4.69, 9.17) is 14.2 Å². The van der Waals surface area contributed by atoms with Gasteiger partial charge in [0, 0.05) is 31.0 Å². The van der Waals surface area contributed by atoms with Gasteiger partial charge in [0.2, 0.25) is 12.5 Å². The Morgan fingerprint density at radius 2 is 1.97 bits per heavy atom. The molecule has 1 atom stereocenters. The summed E-state index contributed by atoms with van der Waals surface area (Å²) in [6, 6.07) is 2.07. The number of methoxy groups -OCH3 is 1. The topological polar surface area (TPSA) is 48.0 Å². The smallest absolute Gasteiger partial charge is 0.231 e. The second-order valence-electron chi connectivity index (χ2n) is 8.61. The fourth-order valence-corrected chi connectivity index (χ4v) is 4.27. The van der Waals surface area contributed by atoms with Crippen molar-refractivity contribution in [1.29, 1.82) is 0 Å². The fraction of sp³-hybridized carbons (Fsp3) is 0.560. The Morgan fingerprint density at radius 1 is 1.20 bits per heavy atom. The molecule has 164 valence electrons. The van der Waals surface area contributed by atoms with Gasteiger partial charge in [0.05, 0.1) is 7.11 Å². The lowest BCUT2D eigenvalue weighted by atomic mass is 9.88. The van der Waals surface area contributed by atoms with Crippen LogP contribution in [0.25, 0.3) is 0 Å². The minimum Gasteiger partial charge on any atom is -0.492 e. The third-order valence-electron chi connectivity index (χ3n) is 5.98. The predicted molar refractivity (Wildman–Crippen MR) is 119 cm³/mol. The number of hydrogen-bond donors (Lipinski definition) is 0. The van der Waals surface area contributed by atoms with Gasteiger partial charge in [-0.25, -0.2) is 0 Å². The first kappa shape index (κ1) is 22.4. The van der Waals surface area contributed by atoms with Crippen LogP contribution in [0.1, 0.15) is 70.0 Å². The van der Waals surface area contributed by atoms with Crippen LogP contribution in [0.15, 0.2) is 29.4 Å². The number of carbonyl (C=O) groups is 1. The van der Waals surface area contributed by atoms with E-state index in [0.29, 0.717) is 18.6 Å². The second-order valence-corrected chi connectivity index (χ2v) is 8.61. The first-order chi connectivity index (χ1) is 14.4. The lowest BCUT2D eigenvalue weighted by Gasteiger charge is -2.35. The van der Waals surface area contributed by atoms with Crippen LogP contribution < -0.4 is 14.2 Å². The highest BCUT2D eigenvalue weighted by Gasteiger charge is 2.34. The summed E-state index contributed by atoms with van der Waals surface area (Å²) in [4.78, 5) is 15.1. The Hall–Kier alpha value is -2.27. The Labute approximate surface area is 180 Å². The van der Waals surface area contributed by atoms with Gasteiger partial charge in [-0.05, 0) is 65.1 Å². The number of carbonyl (C=O) groups excluding carboxylic acids is 1. The van der Waals surface area contributed by atoms with E-state index >= 15 is 0 Å². The molecule has 0 aliphatic carbocycles. The third kappa shape index (κ3) is 5.25. The van der Waals surface area contributed by atoms with E-state index in [2.05, 4.69) is 50.9 Å². The molecule has 2 heterocycles. The molecule has 5 heteroatoms. The second kappa shape index (κ2) is 10.2. The maximum absolute atomic E-state index is 12.8. The van der Waals surface area contributed by atoms with Gasteiger partial charge >= 0.3 is 0 Å². The van der Waals surface area contributed by atoms with Crippen LogP contribution in [0.3, 0.4) is 0 Å². The van der Waals surface area contributed by atoms with E-state index in [9.17, 15) is 4.79 Å². The van der Waals surface area contributed by atoms with Crippen LogP contribution >= 0.6 is 0 Å². The van der Waals surface area contributed by atoms with Crippen molar-refractivity contribution in [3.63, 3.8) is 0 Å². The summed E-state index contributed by atoms with van der Waals surface area (Å²) in [5.41, 5.74) is 4.99. The van der Waals surface area contributed by atoms with Crippen molar-refractivity contribution in [2.24, 2.45) is 0 Å². The van der Waals surface area contributed by atoms with E-state index in [1.54, 1.807) is 7.11 Å². The molecular formula is C25H35NO4. The maximum Gasteiger partial charge on any atom is 0.231 e. The summed E-state index contributed by atoms with van der Waals surface area (Å²) in [7, 11) is 3.74. The number of hydrogen-bond acceptors (Lipinski definition) is 5. The standard InChI is InChI=1S/C25H35NO4/c1-17(2)8-6-9-18(3)10-7-11-20(27)15-21-23-19(12-13-26(21)4)14-22-24(25(23)28-5)30-16-29-22/h8,10,14,21H,6-7,9,11-13,15-16H2,1-5H3/b18-10+/t21-/m0/s1. The number of ether oxygens (including phenoxy) is 3. The minimum atomic E-state index is 0.00782. The van der Waals surface area contributed by atoms with Crippen LogP contribution in [-0.4, -0.2) is 38.2 Å². The molecule has 0 spiro atoms. The monoisotopic (exact) mass is 413 g/mol. The molecule has 1 aromatic carbocycles. The largest absolute Gasteiger partial charge is 0.492 e. The van der Waals surface area contributed by atoms with E-state index in [-0.39, 0.29) is 18.6 Å². The van der Waals surface area contributed by atoms with Gasteiger partial charge in [0.1, 0.15) is 5.78 Å². The lowest BCUT2D eigenvalue weighted by Crippen LogP contribution is -2.34. The van der Waals surface area contributed by atoms with Crippen molar-refractivity contribution < 1.29 is 19.0 Å². The molecular weight excluding hydrogens is 378 g/mol. The number of benzene rings is 1. The van der Waals surface area contributed by atoms with Crippen molar-refractivity contribution in [1.82, 2.24) is 4.90 Å². The van der Waals surface area contributed by atoms with Crippen LogP contribution in [0, 0.1) is 0 Å². The summed E-state index contributed by atoms with van der Waals surface area (Å²) < 4.78 is 16.9. The number of ketones is 1. The van der Waals surface area contributed by atoms with Crippen LogP contribution in [0.5, 0.6) is 17.2 Å². The molecule has 3 rings (SSSR count). The Kier molecular flexibility index (Phi) is 7.59. The molecule has 0 radical (unpaired) electrons. The number of fused-ring (bicyclic) bond motifs is 2. The summed E-state index contributed by atoms with van der Waals surface area (Å²) in [5, 5.41) is 0. The summed E-state index contributed by atoms with van der Waals surface area (Å²) in [6.45, 7) is 7.54. The van der Waals surface area contributed by atoms with Gasteiger partial charge in [-0.1, -0.05) is 23.3 Å². The predicted octanol–water partition coefficient (Wildman–Crippen LogP) is 5.39. The van der Waals surface area contributed by atoms with E-state index in [1.165, 1.54) is 16.7 Å². The number of nitrogens with zero attached hydrogens (tertiary/aromatic N) is 1. The van der Waals surface area contributed by atoms with Gasteiger partial charge in [-0.2, -0.15) is 0 Å². The number of Topliss-reactive ketones (excluding diaryl/α,β-unsaturated/α-hetero) is 1. The van der Waals surface area contributed by atoms with Gasteiger partial charge in [0.15, 0.2) is 11.5 Å². The molecule has 0 saturated carbocycles. The van der Waals surface area contributed by atoms with Crippen LogP contribution in [-0.2, 0) is 11.2 Å². The number of allylic oxidation sites excluding steroid dienone is 4. The molecule has 2 aliphatic rings. The van der Waals surface area contributed by atoms with Crippen molar-refractivity contribution in [2.45, 2.75) is 65.3 Å². The molecule has 0 unspecified atom stereocenters. The first-order valence-electron chi connectivity index (χ1n) is 10.9.